The number of carbonyl (C=O) groups is 1. The molecule has 1 amide bonds. The molecule has 0 saturated heterocycles. The Balaban J connectivity index is 2.59. The van der Waals surface area contributed by atoms with Crippen molar-refractivity contribution in [1.29, 1.82) is 0 Å². The van der Waals surface area contributed by atoms with Crippen molar-refractivity contribution in [3.8, 4) is 0 Å². The van der Waals surface area contributed by atoms with Crippen LogP contribution in [0.2, 0.25) is 0 Å². The standard InChI is InChI=1S/C14H25NO3/c1-9(2)10-7-6-8-11(12(10)16)15-13(17)18-14(3,4)5/h7,9,11-12,16H,6,8H2,1-5H3,(H,15,17)/t11-,12+/m0/s1. The van der Waals surface area contributed by atoms with Crippen molar-refractivity contribution < 1.29 is 14.6 Å². The number of hydrogen-bond donors (Lipinski definition) is 2. The van der Waals surface area contributed by atoms with Crippen molar-refractivity contribution in [2.75, 3.05) is 0 Å². The maximum Gasteiger partial charge on any atom is 0.407 e. The highest BCUT2D eigenvalue weighted by Crippen LogP contribution is 2.25. The highest BCUT2D eigenvalue weighted by Gasteiger charge is 2.29. The lowest BCUT2D eigenvalue weighted by molar-refractivity contribution is 0.0431. The van der Waals surface area contributed by atoms with E-state index in [-0.39, 0.29) is 6.04 Å². The Kier molecular flexibility index (Phi) is 4.79. The first-order valence-electron chi connectivity index (χ1n) is 6.58. The second-order valence-electron chi connectivity index (χ2n) is 6.13. The van der Waals surface area contributed by atoms with E-state index in [0.717, 1.165) is 18.4 Å². The summed E-state index contributed by atoms with van der Waals surface area (Å²) in [6.45, 7) is 9.56. The van der Waals surface area contributed by atoms with Gasteiger partial charge < -0.3 is 15.2 Å². The summed E-state index contributed by atoms with van der Waals surface area (Å²) in [7, 11) is 0. The highest BCUT2D eigenvalue weighted by molar-refractivity contribution is 5.68. The molecule has 0 saturated carbocycles. The van der Waals surface area contributed by atoms with E-state index in [4.69, 9.17) is 4.74 Å². The molecule has 0 spiro atoms. The number of carbonyl (C=O) groups excluding carboxylic acids is 1. The molecule has 0 aromatic carbocycles. The molecule has 0 bridgehead atoms. The number of aliphatic hydroxyl groups is 1. The van der Waals surface area contributed by atoms with Crippen LogP contribution < -0.4 is 5.32 Å². The Bertz CT molecular complexity index is 328. The lowest BCUT2D eigenvalue weighted by Crippen LogP contribution is -2.47. The minimum Gasteiger partial charge on any atom is -0.444 e. The summed E-state index contributed by atoms with van der Waals surface area (Å²) < 4.78 is 5.20. The van der Waals surface area contributed by atoms with Crippen LogP contribution in [0.25, 0.3) is 0 Å². The van der Waals surface area contributed by atoms with Crippen molar-refractivity contribution in [2.24, 2.45) is 5.92 Å². The number of amides is 1. The predicted molar refractivity (Wildman–Crippen MR) is 71.3 cm³/mol. The van der Waals surface area contributed by atoms with Gasteiger partial charge >= 0.3 is 6.09 Å². The van der Waals surface area contributed by atoms with Crippen molar-refractivity contribution in [1.82, 2.24) is 5.32 Å². The highest BCUT2D eigenvalue weighted by atomic mass is 16.6. The van der Waals surface area contributed by atoms with Crippen LogP contribution in [0.15, 0.2) is 11.6 Å². The summed E-state index contributed by atoms with van der Waals surface area (Å²) in [5, 5.41) is 13.0. The van der Waals surface area contributed by atoms with Gasteiger partial charge in [-0.15, -0.1) is 0 Å². The Morgan fingerprint density at radius 1 is 1.50 bits per heavy atom. The van der Waals surface area contributed by atoms with Crippen LogP contribution >= 0.6 is 0 Å². The van der Waals surface area contributed by atoms with Crippen molar-refractivity contribution in [3.05, 3.63) is 11.6 Å². The molecule has 2 N–H and O–H groups in total. The fourth-order valence-electron chi connectivity index (χ4n) is 2.13. The topological polar surface area (TPSA) is 58.6 Å². The maximum absolute atomic E-state index is 11.7. The number of alkyl carbamates (subject to hydrolysis) is 1. The number of aliphatic hydroxyl groups excluding tert-OH is 1. The smallest absolute Gasteiger partial charge is 0.407 e. The molecule has 0 unspecified atom stereocenters. The molecule has 0 aliphatic heterocycles. The van der Waals surface area contributed by atoms with Gasteiger partial charge in [0.1, 0.15) is 5.60 Å². The maximum atomic E-state index is 11.7. The van der Waals surface area contributed by atoms with Crippen molar-refractivity contribution in [3.63, 3.8) is 0 Å². The molecule has 0 heterocycles. The number of allylic oxidation sites excluding steroid dienone is 1. The van der Waals surface area contributed by atoms with Crippen LogP contribution in [0.1, 0.15) is 47.5 Å². The third kappa shape index (κ3) is 4.33. The van der Waals surface area contributed by atoms with E-state index in [0.29, 0.717) is 5.92 Å². The minimum atomic E-state index is -0.605. The molecule has 2 atom stereocenters. The van der Waals surface area contributed by atoms with Gasteiger partial charge in [-0.25, -0.2) is 4.79 Å². The first-order valence-corrected chi connectivity index (χ1v) is 6.58. The largest absolute Gasteiger partial charge is 0.444 e. The molecule has 0 aromatic heterocycles. The SMILES string of the molecule is CC(C)C1=CCC[C@H](NC(=O)OC(C)(C)C)[C@@H]1O. The average molecular weight is 255 g/mol. The summed E-state index contributed by atoms with van der Waals surface area (Å²) in [5.41, 5.74) is 0.489. The minimum absolute atomic E-state index is 0.248. The Morgan fingerprint density at radius 2 is 2.11 bits per heavy atom. The van der Waals surface area contributed by atoms with E-state index in [1.807, 2.05) is 34.6 Å². The lowest BCUT2D eigenvalue weighted by Gasteiger charge is -2.32. The second-order valence-corrected chi connectivity index (χ2v) is 6.13. The lowest BCUT2D eigenvalue weighted by atomic mass is 9.85. The third-order valence-electron chi connectivity index (χ3n) is 2.95. The van der Waals surface area contributed by atoms with Crippen molar-refractivity contribution >= 4 is 6.09 Å². The fourth-order valence-corrected chi connectivity index (χ4v) is 2.13. The molecule has 104 valence electrons. The van der Waals surface area contributed by atoms with Crippen LogP contribution in [0.4, 0.5) is 4.79 Å². The molecular weight excluding hydrogens is 230 g/mol. The predicted octanol–water partition coefficient (Wildman–Crippen LogP) is 2.62. The zero-order chi connectivity index (χ0) is 13.9. The van der Waals surface area contributed by atoms with Gasteiger partial charge in [0.05, 0.1) is 12.1 Å². The van der Waals surface area contributed by atoms with E-state index in [1.165, 1.54) is 0 Å². The summed E-state index contributed by atoms with van der Waals surface area (Å²) in [5.74, 6) is 0.295. The van der Waals surface area contributed by atoms with E-state index < -0.39 is 17.8 Å². The number of hydrogen-bond acceptors (Lipinski definition) is 3. The monoisotopic (exact) mass is 255 g/mol. The van der Waals surface area contributed by atoms with Gasteiger partial charge in [-0.05, 0) is 45.1 Å². The van der Waals surface area contributed by atoms with E-state index in [1.54, 1.807) is 0 Å². The van der Waals surface area contributed by atoms with Gasteiger partial charge in [-0.3, -0.25) is 0 Å². The van der Waals surface area contributed by atoms with Crippen LogP contribution in [0.5, 0.6) is 0 Å². The van der Waals surface area contributed by atoms with Gasteiger partial charge in [-0.1, -0.05) is 19.9 Å². The van der Waals surface area contributed by atoms with Gasteiger partial charge in [0.2, 0.25) is 0 Å². The molecule has 1 rings (SSSR count). The summed E-state index contributed by atoms with van der Waals surface area (Å²) >= 11 is 0. The first kappa shape index (κ1) is 15.0. The second kappa shape index (κ2) is 5.74. The van der Waals surface area contributed by atoms with E-state index in [9.17, 15) is 9.90 Å². The van der Waals surface area contributed by atoms with Crippen LogP contribution in [-0.2, 0) is 4.74 Å². The molecule has 0 fully saturated rings. The molecule has 1 aliphatic carbocycles. The number of nitrogens with one attached hydrogen (secondary N) is 1. The molecule has 4 heteroatoms. The van der Waals surface area contributed by atoms with Gasteiger partial charge in [0, 0.05) is 0 Å². The number of rotatable bonds is 2. The van der Waals surface area contributed by atoms with Crippen molar-refractivity contribution in [2.45, 2.75) is 65.2 Å². The Labute approximate surface area is 109 Å². The average Bonchev–Trinajstić information content (AvgIpc) is 2.17. The third-order valence-corrected chi connectivity index (χ3v) is 2.95. The van der Waals surface area contributed by atoms with Gasteiger partial charge in [-0.2, -0.15) is 0 Å². The molecule has 4 nitrogen and oxygen atoms in total. The summed E-state index contributed by atoms with van der Waals surface area (Å²) in [4.78, 5) is 11.7. The zero-order valence-corrected chi connectivity index (χ0v) is 12.0. The Hall–Kier alpha value is -1.03. The van der Waals surface area contributed by atoms with Gasteiger partial charge in [0.25, 0.3) is 0 Å². The van der Waals surface area contributed by atoms with E-state index in [2.05, 4.69) is 11.4 Å². The first-order chi connectivity index (χ1) is 8.20. The van der Waals surface area contributed by atoms with Gasteiger partial charge in [0.15, 0.2) is 0 Å². The molecular formula is C14H25NO3. The normalized spacial score (nSPS) is 24.7. The van der Waals surface area contributed by atoms with Crippen LogP contribution in [-0.4, -0.2) is 28.9 Å². The molecule has 0 aromatic rings. The van der Waals surface area contributed by atoms with E-state index >= 15 is 0 Å². The summed E-state index contributed by atoms with van der Waals surface area (Å²) in [6, 6.07) is -0.248. The quantitative estimate of drug-likeness (QED) is 0.746. The number of ether oxygens (including phenoxy) is 1. The molecule has 0 radical (unpaired) electrons. The summed E-state index contributed by atoms with van der Waals surface area (Å²) in [6.07, 6.45) is 2.63. The fraction of sp³-hybridized carbons (Fsp3) is 0.786. The zero-order valence-electron chi connectivity index (χ0n) is 12.0. The van der Waals surface area contributed by atoms with Crippen LogP contribution in [0, 0.1) is 5.92 Å². The van der Waals surface area contributed by atoms with Crippen LogP contribution in [0.3, 0.4) is 0 Å². The molecule has 18 heavy (non-hydrogen) atoms. The molecule has 1 aliphatic rings. The Morgan fingerprint density at radius 3 is 2.61 bits per heavy atom.